The summed E-state index contributed by atoms with van der Waals surface area (Å²) in [5.74, 6) is -0.167. The van der Waals surface area contributed by atoms with Gasteiger partial charge >= 0.3 is 0 Å². The molecular weight excluding hydrogens is 227 g/mol. The highest BCUT2D eigenvalue weighted by Gasteiger charge is 2.09. The van der Waals surface area contributed by atoms with Gasteiger partial charge in [0.2, 0.25) is 0 Å². The Kier molecular flexibility index (Phi) is 4.05. The zero-order valence-corrected chi connectivity index (χ0v) is 10.7. The Morgan fingerprint density at radius 2 is 2.00 bits per heavy atom. The van der Waals surface area contributed by atoms with E-state index in [1.54, 1.807) is 12.1 Å². The maximum Gasteiger partial charge on any atom is 0.127 e. The fourth-order valence-electron chi connectivity index (χ4n) is 1.81. The molecule has 0 bridgehead atoms. The van der Waals surface area contributed by atoms with Crippen molar-refractivity contribution < 1.29 is 4.39 Å². The third-order valence-electron chi connectivity index (χ3n) is 2.96. The van der Waals surface area contributed by atoms with E-state index in [0.717, 1.165) is 11.3 Å². The Labute approximate surface area is 107 Å². The van der Waals surface area contributed by atoms with Gasteiger partial charge in [0.25, 0.3) is 0 Å². The van der Waals surface area contributed by atoms with Gasteiger partial charge in [-0.1, -0.05) is 24.3 Å². The Morgan fingerprint density at radius 3 is 2.67 bits per heavy atom. The van der Waals surface area contributed by atoms with Gasteiger partial charge in [-0.3, -0.25) is 4.98 Å². The van der Waals surface area contributed by atoms with Crippen LogP contribution in [-0.4, -0.2) is 4.98 Å². The van der Waals surface area contributed by atoms with E-state index in [-0.39, 0.29) is 11.9 Å². The molecule has 0 spiro atoms. The summed E-state index contributed by atoms with van der Waals surface area (Å²) in [5, 5.41) is 3.30. The van der Waals surface area contributed by atoms with E-state index in [4.69, 9.17) is 0 Å². The first-order valence-electron chi connectivity index (χ1n) is 6.06. The molecule has 94 valence electrons. The Morgan fingerprint density at radius 1 is 1.22 bits per heavy atom. The third kappa shape index (κ3) is 3.14. The molecule has 2 aromatic rings. The highest BCUT2D eigenvalue weighted by molar-refractivity contribution is 5.21. The minimum atomic E-state index is -0.167. The molecule has 0 aliphatic heterocycles. The van der Waals surface area contributed by atoms with Crippen LogP contribution in [0.25, 0.3) is 0 Å². The molecule has 1 aromatic carbocycles. The van der Waals surface area contributed by atoms with Gasteiger partial charge in [0.05, 0.1) is 0 Å². The lowest BCUT2D eigenvalue weighted by Crippen LogP contribution is -2.19. The molecule has 18 heavy (non-hydrogen) atoms. The quantitative estimate of drug-likeness (QED) is 0.891. The lowest BCUT2D eigenvalue weighted by Gasteiger charge is -2.14. The molecule has 2 rings (SSSR count). The van der Waals surface area contributed by atoms with Crippen molar-refractivity contribution in [1.82, 2.24) is 10.3 Å². The summed E-state index contributed by atoms with van der Waals surface area (Å²) in [6.07, 6.45) is 1.84. The number of benzene rings is 1. The molecule has 1 aromatic heterocycles. The van der Waals surface area contributed by atoms with Crippen molar-refractivity contribution in [2.24, 2.45) is 0 Å². The van der Waals surface area contributed by atoms with Crippen LogP contribution in [0.1, 0.15) is 29.8 Å². The van der Waals surface area contributed by atoms with Crippen molar-refractivity contribution in [2.45, 2.75) is 26.4 Å². The molecule has 1 N–H and O–H groups in total. The van der Waals surface area contributed by atoms with Gasteiger partial charge in [-0.05, 0) is 31.5 Å². The highest BCUT2D eigenvalue weighted by atomic mass is 19.1. The maximum atomic E-state index is 13.6. The molecule has 1 atom stereocenters. The lowest BCUT2D eigenvalue weighted by atomic mass is 10.1. The highest BCUT2D eigenvalue weighted by Crippen LogP contribution is 2.16. The second-order valence-electron chi connectivity index (χ2n) is 4.43. The van der Waals surface area contributed by atoms with E-state index >= 15 is 0 Å². The maximum absolute atomic E-state index is 13.6. The smallest absolute Gasteiger partial charge is 0.127 e. The standard InChI is InChI=1S/C15H17FN2/c1-11-7-8-13(9-17-11)10-18-12(2)14-5-3-4-6-15(14)16/h3-9,12,18H,10H2,1-2H3/t12-/m1/s1. The molecule has 0 radical (unpaired) electrons. The van der Waals surface area contributed by atoms with Crippen LogP contribution >= 0.6 is 0 Å². The largest absolute Gasteiger partial charge is 0.306 e. The number of rotatable bonds is 4. The minimum absolute atomic E-state index is 0.0208. The molecule has 3 heteroatoms. The first-order chi connectivity index (χ1) is 8.66. The van der Waals surface area contributed by atoms with Crippen LogP contribution in [0.5, 0.6) is 0 Å². The summed E-state index contributed by atoms with van der Waals surface area (Å²) < 4.78 is 13.6. The third-order valence-corrected chi connectivity index (χ3v) is 2.96. The predicted octanol–water partition coefficient (Wildman–Crippen LogP) is 3.38. The van der Waals surface area contributed by atoms with Crippen molar-refractivity contribution in [1.29, 1.82) is 0 Å². The van der Waals surface area contributed by atoms with Crippen LogP contribution in [0.4, 0.5) is 4.39 Å². The molecule has 0 aliphatic carbocycles. The predicted molar refractivity (Wildman–Crippen MR) is 70.6 cm³/mol. The van der Waals surface area contributed by atoms with Crippen LogP contribution in [0.2, 0.25) is 0 Å². The van der Waals surface area contributed by atoms with Crippen LogP contribution in [-0.2, 0) is 6.54 Å². The molecule has 0 unspecified atom stereocenters. The molecule has 2 nitrogen and oxygen atoms in total. The number of halogens is 1. The first kappa shape index (κ1) is 12.7. The van der Waals surface area contributed by atoms with E-state index in [9.17, 15) is 4.39 Å². The molecule has 1 heterocycles. The number of pyridine rings is 1. The number of nitrogens with zero attached hydrogens (tertiary/aromatic N) is 1. The Hall–Kier alpha value is -1.74. The van der Waals surface area contributed by atoms with E-state index in [2.05, 4.69) is 10.3 Å². The number of aryl methyl sites for hydroxylation is 1. The molecule has 0 fully saturated rings. The summed E-state index contributed by atoms with van der Waals surface area (Å²) in [5.41, 5.74) is 2.79. The van der Waals surface area contributed by atoms with E-state index < -0.39 is 0 Å². The van der Waals surface area contributed by atoms with Crippen molar-refractivity contribution in [3.8, 4) is 0 Å². The van der Waals surface area contributed by atoms with Gasteiger partial charge in [0.15, 0.2) is 0 Å². The minimum Gasteiger partial charge on any atom is -0.306 e. The average molecular weight is 244 g/mol. The van der Waals surface area contributed by atoms with Gasteiger partial charge < -0.3 is 5.32 Å². The average Bonchev–Trinajstić information content (AvgIpc) is 2.38. The topological polar surface area (TPSA) is 24.9 Å². The van der Waals surface area contributed by atoms with Crippen LogP contribution in [0, 0.1) is 12.7 Å². The SMILES string of the molecule is Cc1ccc(CN[C@H](C)c2ccccc2F)cn1. The number of hydrogen-bond acceptors (Lipinski definition) is 2. The molecule has 0 aliphatic rings. The zero-order valence-electron chi connectivity index (χ0n) is 10.7. The van der Waals surface area contributed by atoms with Crippen LogP contribution in [0.3, 0.4) is 0 Å². The fourth-order valence-corrected chi connectivity index (χ4v) is 1.81. The van der Waals surface area contributed by atoms with Crippen LogP contribution in [0.15, 0.2) is 42.6 Å². The van der Waals surface area contributed by atoms with Gasteiger partial charge in [0.1, 0.15) is 5.82 Å². The summed E-state index contributed by atoms with van der Waals surface area (Å²) in [6, 6.07) is 10.8. The summed E-state index contributed by atoms with van der Waals surface area (Å²) in [4.78, 5) is 4.23. The zero-order chi connectivity index (χ0) is 13.0. The molecule has 0 amide bonds. The number of aromatic nitrogens is 1. The van der Waals surface area contributed by atoms with E-state index in [1.165, 1.54) is 6.07 Å². The van der Waals surface area contributed by atoms with Gasteiger partial charge in [-0.25, -0.2) is 4.39 Å². The number of nitrogens with one attached hydrogen (secondary N) is 1. The normalized spacial score (nSPS) is 12.4. The van der Waals surface area contributed by atoms with Gasteiger partial charge in [-0.2, -0.15) is 0 Å². The number of hydrogen-bond donors (Lipinski definition) is 1. The van der Waals surface area contributed by atoms with Gasteiger partial charge in [-0.15, -0.1) is 0 Å². The van der Waals surface area contributed by atoms with Gasteiger partial charge in [0, 0.05) is 30.0 Å². The lowest BCUT2D eigenvalue weighted by molar-refractivity contribution is 0.528. The molecular formula is C15H17FN2. The van der Waals surface area contributed by atoms with E-state index in [1.807, 2.05) is 38.2 Å². The van der Waals surface area contributed by atoms with Crippen molar-refractivity contribution in [2.75, 3.05) is 0 Å². The Balaban J connectivity index is 1.98. The van der Waals surface area contributed by atoms with Crippen molar-refractivity contribution >= 4 is 0 Å². The second kappa shape index (κ2) is 5.74. The second-order valence-corrected chi connectivity index (χ2v) is 4.43. The summed E-state index contributed by atoms with van der Waals surface area (Å²) >= 11 is 0. The van der Waals surface area contributed by atoms with Crippen molar-refractivity contribution in [3.05, 3.63) is 65.2 Å². The monoisotopic (exact) mass is 244 g/mol. The van der Waals surface area contributed by atoms with Crippen molar-refractivity contribution in [3.63, 3.8) is 0 Å². The van der Waals surface area contributed by atoms with Crippen LogP contribution < -0.4 is 5.32 Å². The molecule has 0 saturated heterocycles. The first-order valence-corrected chi connectivity index (χ1v) is 6.06. The fraction of sp³-hybridized carbons (Fsp3) is 0.267. The molecule has 0 saturated carbocycles. The summed E-state index contributed by atoms with van der Waals surface area (Å²) in [6.45, 7) is 4.60. The van der Waals surface area contributed by atoms with E-state index in [0.29, 0.717) is 12.1 Å². The summed E-state index contributed by atoms with van der Waals surface area (Å²) in [7, 11) is 0. The Bertz CT molecular complexity index is 508.